The highest BCUT2D eigenvalue weighted by molar-refractivity contribution is 7.12. The summed E-state index contributed by atoms with van der Waals surface area (Å²) < 4.78 is 5.01. The number of hydrogen-bond donors (Lipinski definition) is 2. The summed E-state index contributed by atoms with van der Waals surface area (Å²) in [5.41, 5.74) is 0. The molecule has 0 saturated carbocycles. The van der Waals surface area contributed by atoms with E-state index in [1.807, 2.05) is 13.8 Å². The van der Waals surface area contributed by atoms with Crippen LogP contribution in [0, 0.1) is 5.92 Å². The minimum absolute atomic E-state index is 0.0470. The zero-order valence-electron chi connectivity index (χ0n) is 9.69. The van der Waals surface area contributed by atoms with Crippen molar-refractivity contribution >= 4 is 17.2 Å². The van der Waals surface area contributed by atoms with E-state index in [1.54, 1.807) is 18.6 Å². The summed E-state index contributed by atoms with van der Waals surface area (Å²) in [6, 6.07) is 1.65. The molecule has 0 saturated heterocycles. The van der Waals surface area contributed by atoms with Gasteiger partial charge in [0.25, 0.3) is 5.91 Å². The zero-order valence-corrected chi connectivity index (χ0v) is 10.5. The van der Waals surface area contributed by atoms with Crippen LogP contribution in [0.15, 0.2) is 11.4 Å². The Morgan fingerprint density at radius 3 is 2.81 bits per heavy atom. The van der Waals surface area contributed by atoms with Gasteiger partial charge in [-0.2, -0.15) is 0 Å². The van der Waals surface area contributed by atoms with E-state index in [4.69, 9.17) is 9.84 Å². The van der Waals surface area contributed by atoms with Crippen molar-refractivity contribution in [1.29, 1.82) is 0 Å². The molecule has 90 valence electrons. The Labute approximate surface area is 99.2 Å². The monoisotopic (exact) mass is 243 g/mol. The maximum Gasteiger partial charge on any atom is 0.261 e. The fourth-order valence-corrected chi connectivity index (χ4v) is 1.88. The molecular weight excluding hydrogens is 226 g/mol. The molecule has 2 unspecified atom stereocenters. The number of nitrogens with one attached hydrogen (secondary N) is 1. The number of amides is 1. The van der Waals surface area contributed by atoms with Crippen LogP contribution in [0.2, 0.25) is 0 Å². The number of aliphatic hydroxyl groups excluding tert-OH is 1. The van der Waals surface area contributed by atoms with Gasteiger partial charge in [0.05, 0.1) is 12.0 Å². The van der Waals surface area contributed by atoms with Gasteiger partial charge in [-0.1, -0.05) is 6.92 Å². The normalized spacial score (nSPS) is 14.2. The molecule has 2 atom stereocenters. The van der Waals surface area contributed by atoms with Gasteiger partial charge in [0.15, 0.2) is 0 Å². The third-order valence-electron chi connectivity index (χ3n) is 2.54. The van der Waals surface area contributed by atoms with Crippen molar-refractivity contribution in [1.82, 2.24) is 5.32 Å². The Bertz CT molecular complexity index is 351. The molecule has 5 heteroatoms. The number of hydrogen-bond acceptors (Lipinski definition) is 4. The van der Waals surface area contributed by atoms with Crippen LogP contribution in [0.3, 0.4) is 0 Å². The third-order valence-corrected chi connectivity index (χ3v) is 3.44. The van der Waals surface area contributed by atoms with Crippen LogP contribution in [0.5, 0.6) is 5.75 Å². The Morgan fingerprint density at radius 1 is 1.62 bits per heavy atom. The van der Waals surface area contributed by atoms with Gasteiger partial charge in [0, 0.05) is 24.1 Å². The highest BCUT2D eigenvalue weighted by Gasteiger charge is 2.16. The lowest BCUT2D eigenvalue weighted by molar-refractivity contribution is 0.0920. The van der Waals surface area contributed by atoms with Gasteiger partial charge in [0.2, 0.25) is 0 Å². The zero-order chi connectivity index (χ0) is 12.1. The maximum atomic E-state index is 11.8. The molecule has 0 spiro atoms. The van der Waals surface area contributed by atoms with Crippen molar-refractivity contribution < 1.29 is 14.6 Å². The minimum Gasteiger partial charge on any atom is -0.496 e. The molecule has 1 aromatic heterocycles. The third kappa shape index (κ3) is 3.21. The summed E-state index contributed by atoms with van der Waals surface area (Å²) in [7, 11) is 1.57. The van der Waals surface area contributed by atoms with Crippen LogP contribution < -0.4 is 10.1 Å². The molecule has 1 rings (SSSR count). The van der Waals surface area contributed by atoms with Gasteiger partial charge in [-0.3, -0.25) is 4.79 Å². The molecule has 2 N–H and O–H groups in total. The molecule has 0 aliphatic carbocycles. The molecule has 0 aliphatic rings. The number of aliphatic hydroxyl groups is 1. The van der Waals surface area contributed by atoms with Crippen LogP contribution in [-0.4, -0.2) is 30.8 Å². The molecule has 1 aromatic rings. The molecule has 4 nitrogen and oxygen atoms in total. The predicted molar refractivity (Wildman–Crippen MR) is 64.0 cm³/mol. The van der Waals surface area contributed by atoms with E-state index in [9.17, 15) is 4.79 Å². The van der Waals surface area contributed by atoms with Gasteiger partial charge < -0.3 is 15.2 Å². The highest BCUT2D eigenvalue weighted by atomic mass is 32.1. The second-order valence-electron chi connectivity index (χ2n) is 3.77. The molecule has 0 fully saturated rings. The summed E-state index contributed by atoms with van der Waals surface area (Å²) in [6.07, 6.45) is 0. The molecule has 16 heavy (non-hydrogen) atoms. The summed E-state index contributed by atoms with van der Waals surface area (Å²) in [5.74, 6) is 0.616. The largest absolute Gasteiger partial charge is 0.496 e. The Kier molecular flexibility index (Phi) is 4.76. The van der Waals surface area contributed by atoms with Crippen LogP contribution in [0.4, 0.5) is 0 Å². The van der Waals surface area contributed by atoms with Crippen LogP contribution in [0.25, 0.3) is 0 Å². The van der Waals surface area contributed by atoms with Crippen molar-refractivity contribution in [3.63, 3.8) is 0 Å². The lowest BCUT2D eigenvalue weighted by Crippen LogP contribution is -2.37. The van der Waals surface area contributed by atoms with Gasteiger partial charge >= 0.3 is 0 Å². The maximum absolute atomic E-state index is 11.8. The highest BCUT2D eigenvalue weighted by Crippen LogP contribution is 2.21. The van der Waals surface area contributed by atoms with E-state index in [1.165, 1.54) is 11.3 Å². The minimum atomic E-state index is -0.124. The van der Waals surface area contributed by atoms with E-state index < -0.39 is 0 Å². The van der Waals surface area contributed by atoms with E-state index in [2.05, 4.69) is 5.32 Å². The van der Waals surface area contributed by atoms with Crippen molar-refractivity contribution in [2.75, 3.05) is 13.7 Å². The molecule has 0 aliphatic heterocycles. The summed E-state index contributed by atoms with van der Waals surface area (Å²) >= 11 is 1.34. The van der Waals surface area contributed by atoms with Gasteiger partial charge in [-0.15, -0.1) is 11.3 Å². The summed E-state index contributed by atoms with van der Waals surface area (Å²) in [6.45, 7) is 3.83. The van der Waals surface area contributed by atoms with Crippen molar-refractivity contribution in [3.05, 3.63) is 16.3 Å². The number of carbonyl (C=O) groups is 1. The molecule has 0 radical (unpaired) electrons. The SMILES string of the molecule is COc1csc(C(=O)NC(C)C(C)CO)c1. The second kappa shape index (κ2) is 5.86. The molecule has 1 heterocycles. The summed E-state index contributed by atoms with van der Waals surface area (Å²) in [5, 5.41) is 13.6. The molecular formula is C11H17NO3S. The number of ether oxygens (including phenoxy) is 1. The lowest BCUT2D eigenvalue weighted by Gasteiger charge is -2.18. The number of carbonyl (C=O) groups excluding carboxylic acids is 1. The van der Waals surface area contributed by atoms with Gasteiger partial charge in [-0.05, 0) is 12.8 Å². The Morgan fingerprint density at radius 2 is 2.31 bits per heavy atom. The van der Waals surface area contributed by atoms with E-state index >= 15 is 0 Å². The van der Waals surface area contributed by atoms with Gasteiger partial charge in [0.1, 0.15) is 5.75 Å². The molecule has 0 bridgehead atoms. The van der Waals surface area contributed by atoms with Crippen LogP contribution in [0.1, 0.15) is 23.5 Å². The predicted octanol–water partition coefficient (Wildman–Crippen LogP) is 1.50. The average Bonchev–Trinajstić information content (AvgIpc) is 2.76. The fraction of sp³-hybridized carbons (Fsp3) is 0.545. The summed E-state index contributed by atoms with van der Waals surface area (Å²) in [4.78, 5) is 12.4. The first-order valence-corrected chi connectivity index (χ1v) is 6.00. The fourth-order valence-electron chi connectivity index (χ4n) is 1.12. The van der Waals surface area contributed by atoms with E-state index in [-0.39, 0.29) is 24.5 Å². The molecule has 1 amide bonds. The quantitative estimate of drug-likeness (QED) is 0.824. The van der Waals surface area contributed by atoms with Crippen LogP contribution >= 0.6 is 11.3 Å². The number of thiophene rings is 1. The standard InChI is InChI=1S/C11H17NO3S/c1-7(5-13)8(2)12-11(14)10-4-9(15-3)6-16-10/h4,6-8,13H,5H2,1-3H3,(H,12,14). The first-order valence-electron chi connectivity index (χ1n) is 5.12. The Balaban J connectivity index is 2.58. The number of methoxy groups -OCH3 is 1. The topological polar surface area (TPSA) is 58.6 Å². The smallest absolute Gasteiger partial charge is 0.261 e. The van der Waals surface area contributed by atoms with E-state index in [0.717, 1.165) is 0 Å². The van der Waals surface area contributed by atoms with E-state index in [0.29, 0.717) is 10.6 Å². The first kappa shape index (κ1) is 13.0. The number of rotatable bonds is 5. The van der Waals surface area contributed by atoms with Crippen molar-refractivity contribution in [2.24, 2.45) is 5.92 Å². The lowest BCUT2D eigenvalue weighted by atomic mass is 10.1. The van der Waals surface area contributed by atoms with Crippen molar-refractivity contribution in [2.45, 2.75) is 19.9 Å². The Hall–Kier alpha value is -1.07. The average molecular weight is 243 g/mol. The molecule has 0 aromatic carbocycles. The first-order chi connectivity index (χ1) is 7.58. The second-order valence-corrected chi connectivity index (χ2v) is 4.68. The van der Waals surface area contributed by atoms with Crippen molar-refractivity contribution in [3.8, 4) is 5.75 Å². The van der Waals surface area contributed by atoms with Crippen LogP contribution in [-0.2, 0) is 0 Å². The van der Waals surface area contributed by atoms with Gasteiger partial charge in [-0.25, -0.2) is 0 Å².